The van der Waals surface area contributed by atoms with Crippen LogP contribution in [0.5, 0.6) is 5.88 Å². The van der Waals surface area contributed by atoms with Crippen molar-refractivity contribution >= 4 is 11.3 Å². The molecule has 0 radical (unpaired) electrons. The number of hydrogen-bond donors (Lipinski definition) is 1. The quantitative estimate of drug-likeness (QED) is 0.883. The zero-order chi connectivity index (χ0) is 12.1. The fraction of sp³-hybridized carbons (Fsp3) is 0.333. The van der Waals surface area contributed by atoms with E-state index >= 15 is 0 Å². The lowest BCUT2D eigenvalue weighted by atomic mass is 10.1. The van der Waals surface area contributed by atoms with Gasteiger partial charge < -0.3 is 10.1 Å². The van der Waals surface area contributed by atoms with Gasteiger partial charge in [-0.15, -0.1) is 0 Å². The topological polar surface area (TPSA) is 47.0 Å². The second-order valence-electron chi connectivity index (χ2n) is 3.53. The van der Waals surface area contributed by atoms with Crippen LogP contribution >= 0.6 is 11.3 Å². The van der Waals surface area contributed by atoms with Gasteiger partial charge in [-0.05, 0) is 28.9 Å². The SMILES string of the molecule is CCNC(c1ccsc1)c1cc(OC)ncn1. The molecule has 5 heteroatoms. The highest BCUT2D eigenvalue weighted by molar-refractivity contribution is 7.08. The van der Waals surface area contributed by atoms with Crippen LogP contribution in [-0.4, -0.2) is 23.6 Å². The van der Waals surface area contributed by atoms with Gasteiger partial charge in [0.1, 0.15) is 6.33 Å². The van der Waals surface area contributed by atoms with E-state index < -0.39 is 0 Å². The molecule has 0 aliphatic carbocycles. The van der Waals surface area contributed by atoms with Gasteiger partial charge in [0, 0.05) is 6.07 Å². The molecule has 2 heterocycles. The summed E-state index contributed by atoms with van der Waals surface area (Å²) in [5.41, 5.74) is 2.15. The fourth-order valence-corrected chi connectivity index (χ4v) is 2.35. The summed E-state index contributed by atoms with van der Waals surface area (Å²) >= 11 is 1.68. The molecule has 90 valence electrons. The first kappa shape index (κ1) is 12.0. The van der Waals surface area contributed by atoms with Gasteiger partial charge in [-0.3, -0.25) is 0 Å². The summed E-state index contributed by atoms with van der Waals surface area (Å²) in [6.45, 7) is 2.96. The number of hydrogen-bond acceptors (Lipinski definition) is 5. The normalized spacial score (nSPS) is 12.4. The van der Waals surface area contributed by atoms with Gasteiger partial charge in [-0.25, -0.2) is 9.97 Å². The van der Waals surface area contributed by atoms with Crippen molar-refractivity contribution in [1.82, 2.24) is 15.3 Å². The van der Waals surface area contributed by atoms with E-state index in [-0.39, 0.29) is 6.04 Å². The smallest absolute Gasteiger partial charge is 0.216 e. The highest BCUT2D eigenvalue weighted by Gasteiger charge is 2.15. The van der Waals surface area contributed by atoms with E-state index in [1.807, 2.05) is 6.07 Å². The first-order valence-electron chi connectivity index (χ1n) is 5.46. The molecule has 17 heavy (non-hydrogen) atoms. The van der Waals surface area contributed by atoms with Crippen LogP contribution in [0, 0.1) is 0 Å². The summed E-state index contributed by atoms with van der Waals surface area (Å²) in [7, 11) is 1.61. The summed E-state index contributed by atoms with van der Waals surface area (Å²) in [5, 5.41) is 7.61. The molecule has 0 fully saturated rings. The number of rotatable bonds is 5. The molecular weight excluding hydrogens is 234 g/mol. The Hall–Kier alpha value is -1.46. The van der Waals surface area contributed by atoms with Crippen LogP contribution in [0.3, 0.4) is 0 Å². The van der Waals surface area contributed by atoms with Crippen molar-refractivity contribution < 1.29 is 4.74 Å². The van der Waals surface area contributed by atoms with E-state index in [1.54, 1.807) is 18.4 Å². The third-order valence-corrected chi connectivity index (χ3v) is 3.15. The molecule has 0 aliphatic rings. The van der Waals surface area contributed by atoms with Crippen LogP contribution in [0.2, 0.25) is 0 Å². The molecule has 0 spiro atoms. The molecular formula is C12H15N3OS. The van der Waals surface area contributed by atoms with Gasteiger partial charge >= 0.3 is 0 Å². The Morgan fingerprint density at radius 3 is 3.00 bits per heavy atom. The molecule has 1 N–H and O–H groups in total. The number of ether oxygens (including phenoxy) is 1. The fourth-order valence-electron chi connectivity index (χ4n) is 1.66. The summed E-state index contributed by atoms with van der Waals surface area (Å²) in [5.74, 6) is 0.591. The molecule has 0 saturated heterocycles. The average molecular weight is 249 g/mol. The molecule has 2 aromatic heterocycles. The minimum Gasteiger partial charge on any atom is -0.481 e. The third-order valence-electron chi connectivity index (χ3n) is 2.45. The summed E-state index contributed by atoms with van der Waals surface area (Å²) in [6, 6.07) is 4.07. The predicted molar refractivity (Wildman–Crippen MR) is 68.4 cm³/mol. The third kappa shape index (κ3) is 2.81. The molecule has 0 aliphatic heterocycles. The number of methoxy groups -OCH3 is 1. The molecule has 1 unspecified atom stereocenters. The Balaban J connectivity index is 2.32. The van der Waals surface area contributed by atoms with E-state index in [2.05, 4.69) is 39.0 Å². The zero-order valence-corrected chi connectivity index (χ0v) is 10.7. The maximum Gasteiger partial charge on any atom is 0.216 e. The second-order valence-corrected chi connectivity index (χ2v) is 4.31. The van der Waals surface area contributed by atoms with Gasteiger partial charge in [0.15, 0.2) is 0 Å². The first-order valence-corrected chi connectivity index (χ1v) is 6.40. The van der Waals surface area contributed by atoms with Crippen LogP contribution in [0.25, 0.3) is 0 Å². The van der Waals surface area contributed by atoms with Gasteiger partial charge in [0.05, 0.1) is 18.8 Å². The number of nitrogens with zero attached hydrogens (tertiary/aromatic N) is 2. The lowest BCUT2D eigenvalue weighted by Crippen LogP contribution is -2.22. The Kier molecular flexibility index (Phi) is 4.06. The second kappa shape index (κ2) is 5.75. The van der Waals surface area contributed by atoms with Crippen molar-refractivity contribution in [2.75, 3.05) is 13.7 Å². The van der Waals surface area contributed by atoms with E-state index in [0.717, 1.165) is 12.2 Å². The Morgan fingerprint density at radius 2 is 2.35 bits per heavy atom. The van der Waals surface area contributed by atoms with E-state index in [9.17, 15) is 0 Å². The van der Waals surface area contributed by atoms with Gasteiger partial charge in [-0.2, -0.15) is 11.3 Å². The standard InChI is InChI=1S/C12H15N3OS/c1-3-13-12(9-4-5-17-7-9)10-6-11(16-2)15-8-14-10/h4-8,12-13H,3H2,1-2H3. The average Bonchev–Trinajstić information content (AvgIpc) is 2.89. The minimum absolute atomic E-state index is 0.100. The van der Waals surface area contributed by atoms with Gasteiger partial charge in [0.2, 0.25) is 5.88 Å². The van der Waals surface area contributed by atoms with Crippen LogP contribution in [0.4, 0.5) is 0 Å². The van der Waals surface area contributed by atoms with Gasteiger partial charge in [-0.1, -0.05) is 6.92 Å². The maximum absolute atomic E-state index is 5.12. The molecule has 4 nitrogen and oxygen atoms in total. The zero-order valence-electron chi connectivity index (χ0n) is 9.88. The summed E-state index contributed by atoms with van der Waals surface area (Å²) in [6.07, 6.45) is 1.53. The lowest BCUT2D eigenvalue weighted by Gasteiger charge is -2.16. The molecule has 2 aromatic rings. The Labute approximate surface area is 105 Å². The molecule has 0 aromatic carbocycles. The van der Waals surface area contributed by atoms with Crippen molar-refractivity contribution in [1.29, 1.82) is 0 Å². The maximum atomic E-state index is 5.12. The minimum atomic E-state index is 0.100. The Morgan fingerprint density at radius 1 is 1.47 bits per heavy atom. The van der Waals surface area contributed by atoms with Crippen molar-refractivity contribution in [3.8, 4) is 5.88 Å². The highest BCUT2D eigenvalue weighted by atomic mass is 32.1. The van der Waals surface area contributed by atoms with E-state index in [1.165, 1.54) is 11.9 Å². The Bertz CT molecular complexity index is 459. The van der Waals surface area contributed by atoms with Crippen LogP contribution in [0.1, 0.15) is 24.2 Å². The van der Waals surface area contributed by atoms with Crippen molar-refractivity contribution in [2.45, 2.75) is 13.0 Å². The van der Waals surface area contributed by atoms with Crippen LogP contribution < -0.4 is 10.1 Å². The van der Waals surface area contributed by atoms with Crippen molar-refractivity contribution in [3.63, 3.8) is 0 Å². The largest absolute Gasteiger partial charge is 0.481 e. The lowest BCUT2D eigenvalue weighted by molar-refractivity contribution is 0.395. The molecule has 0 amide bonds. The molecule has 0 saturated carbocycles. The van der Waals surface area contributed by atoms with Crippen LogP contribution in [0.15, 0.2) is 29.2 Å². The van der Waals surface area contributed by atoms with Crippen molar-refractivity contribution in [2.24, 2.45) is 0 Å². The first-order chi connectivity index (χ1) is 8.35. The van der Waals surface area contributed by atoms with E-state index in [4.69, 9.17) is 4.74 Å². The highest BCUT2D eigenvalue weighted by Crippen LogP contribution is 2.23. The molecule has 1 atom stereocenters. The number of nitrogens with one attached hydrogen (secondary N) is 1. The monoisotopic (exact) mass is 249 g/mol. The number of thiophene rings is 1. The molecule has 0 bridgehead atoms. The predicted octanol–water partition coefficient (Wildman–Crippen LogP) is 2.25. The van der Waals surface area contributed by atoms with Crippen LogP contribution in [-0.2, 0) is 0 Å². The summed E-state index contributed by atoms with van der Waals surface area (Å²) < 4.78 is 5.12. The number of aromatic nitrogens is 2. The van der Waals surface area contributed by atoms with Crippen molar-refractivity contribution in [3.05, 3.63) is 40.5 Å². The molecule has 2 rings (SSSR count). The van der Waals surface area contributed by atoms with Gasteiger partial charge in [0.25, 0.3) is 0 Å². The van der Waals surface area contributed by atoms with E-state index in [0.29, 0.717) is 5.88 Å². The summed E-state index contributed by atoms with van der Waals surface area (Å²) in [4.78, 5) is 8.34.